The fourth-order valence-electron chi connectivity index (χ4n) is 0.427. The number of pyridine rings is 1. The number of ether oxygens (including phenoxy) is 1. The minimum absolute atomic E-state index is 0.639. The zero-order valence-corrected chi connectivity index (χ0v) is 8.98. The minimum atomic E-state index is -0.639. The molecule has 1 aromatic heterocycles. The molecule has 1 rings (SSSR count). The van der Waals surface area contributed by atoms with E-state index in [0.717, 1.165) is 5.75 Å². The molecule has 0 aliphatic rings. The van der Waals surface area contributed by atoms with Gasteiger partial charge in [-0.05, 0) is 12.1 Å². The summed E-state index contributed by atoms with van der Waals surface area (Å²) < 4.78 is 4.83. The largest absolute Gasteiger partial charge is 0.618 e. The van der Waals surface area contributed by atoms with E-state index in [0.29, 0.717) is 0 Å². The van der Waals surface area contributed by atoms with Gasteiger partial charge in [0.2, 0.25) is 0 Å². The summed E-state index contributed by atoms with van der Waals surface area (Å²) in [6, 6.07) is 3.51. The summed E-state index contributed by atoms with van der Waals surface area (Å²) in [6.07, 6.45) is 4.25. The van der Waals surface area contributed by atoms with Crippen molar-refractivity contribution < 1.29 is 4.74 Å². The fraction of sp³-hybridized carbons (Fsp3) is 0.167. The van der Waals surface area contributed by atoms with Crippen LogP contribution in [0.15, 0.2) is 18.3 Å². The highest BCUT2D eigenvalue weighted by Gasteiger charge is 1.82. The molecular weight excluding hydrogens is 197 g/mol. The normalized spacial score (nSPS) is 7.18. The van der Waals surface area contributed by atoms with Gasteiger partial charge in [-0.15, -0.1) is 0 Å². The van der Waals surface area contributed by atoms with Gasteiger partial charge in [0.1, 0.15) is 5.75 Å². The first-order valence-electron chi connectivity index (χ1n) is 2.83. The van der Waals surface area contributed by atoms with E-state index in [4.69, 9.17) is 22.9 Å². The predicted octanol–water partition coefficient (Wildman–Crippen LogP) is 1.89. The highest BCUT2D eigenvalue weighted by Crippen LogP contribution is 2.02. The van der Waals surface area contributed by atoms with E-state index in [2.05, 4.69) is 11.2 Å². The molecule has 0 N–H and O–H groups in total. The number of nitrogens with zero attached hydrogens (tertiary/aromatic N) is 1. The smallest absolute Gasteiger partial charge is 0.495 e. The van der Waals surface area contributed by atoms with Crippen LogP contribution in [-0.4, -0.2) is 30.3 Å². The Labute approximate surface area is 83.1 Å². The molecule has 1 heterocycles. The molecule has 0 fully saturated rings. The summed E-state index contributed by atoms with van der Waals surface area (Å²) >= 11 is -0.639. The zero-order chi connectivity index (χ0) is 8.53. The first-order chi connectivity index (χ1) is 5.35. The lowest BCUT2D eigenvalue weighted by Gasteiger charge is -1.92. The summed E-state index contributed by atoms with van der Waals surface area (Å²) in [7, 11) is 11.4. The number of aromatic nitrogens is 1. The summed E-state index contributed by atoms with van der Waals surface area (Å²) in [5.41, 5.74) is 0. The van der Waals surface area contributed by atoms with E-state index in [1.165, 1.54) is 0 Å². The van der Waals surface area contributed by atoms with E-state index in [9.17, 15) is 0 Å². The van der Waals surface area contributed by atoms with Crippen LogP contribution in [-0.2, 0) is 0 Å². The Kier molecular flexibility index (Phi) is 8.62. The summed E-state index contributed by atoms with van der Waals surface area (Å²) in [4.78, 5) is 3.71. The lowest BCUT2D eigenvalue weighted by atomic mass is 10.5. The molecule has 0 aromatic carbocycles. The Morgan fingerprint density at radius 2 is 2.27 bits per heavy atom. The standard InChI is InChI=1S/C6H6NO.2ClH.Mg/c1-8-6-3-2-4-7-5-6;;;/h2-3,5H,1H3;2*1H;/q;;;+2/p-2. The van der Waals surface area contributed by atoms with Gasteiger partial charge in [-0.1, -0.05) is 0 Å². The molecule has 0 atom stereocenters. The van der Waals surface area contributed by atoms with Gasteiger partial charge < -0.3 is 22.9 Å². The summed E-state index contributed by atoms with van der Waals surface area (Å²) in [6.45, 7) is 0. The van der Waals surface area contributed by atoms with Crippen molar-refractivity contribution in [1.82, 2.24) is 4.98 Å². The second-order valence-corrected chi connectivity index (χ2v) is 4.05. The van der Waals surface area contributed by atoms with Gasteiger partial charge in [-0.2, -0.15) is 0 Å². The van der Waals surface area contributed by atoms with Crippen molar-refractivity contribution in [2.75, 3.05) is 7.11 Å². The van der Waals surface area contributed by atoms with Gasteiger partial charge in [-0.3, -0.25) is 4.98 Å². The second-order valence-electron chi connectivity index (χ2n) is 1.43. The lowest BCUT2D eigenvalue weighted by Crippen LogP contribution is -1.81. The highest BCUT2D eigenvalue weighted by atomic mass is 35.6. The minimum Gasteiger partial charge on any atom is -0.495 e. The van der Waals surface area contributed by atoms with Crippen LogP contribution < -0.4 is 4.74 Å². The second kappa shape index (κ2) is 8.39. The van der Waals surface area contributed by atoms with Gasteiger partial charge in [0, 0.05) is 0 Å². The van der Waals surface area contributed by atoms with Crippen LogP contribution in [0.4, 0.5) is 0 Å². The highest BCUT2D eigenvalue weighted by molar-refractivity contribution is 7.22. The molecule has 0 saturated heterocycles. The van der Waals surface area contributed by atoms with Crippen LogP contribution in [0.5, 0.6) is 5.75 Å². The van der Waals surface area contributed by atoms with E-state index in [1.807, 2.05) is 0 Å². The van der Waals surface area contributed by atoms with Crippen LogP contribution in [0, 0.1) is 6.20 Å². The molecule has 5 heteroatoms. The molecule has 2 nitrogen and oxygen atoms in total. The summed E-state index contributed by atoms with van der Waals surface area (Å²) in [5, 5.41) is 0. The molecule has 0 saturated carbocycles. The van der Waals surface area contributed by atoms with E-state index in [-0.39, 0.29) is 0 Å². The Bertz CT molecular complexity index is 173. The van der Waals surface area contributed by atoms with Gasteiger partial charge >= 0.3 is 18.2 Å². The molecule has 0 unspecified atom stereocenters. The Morgan fingerprint density at radius 1 is 1.64 bits per heavy atom. The lowest BCUT2D eigenvalue weighted by molar-refractivity contribution is 0.413. The third-order valence-corrected chi connectivity index (χ3v) is 0.824. The Balaban J connectivity index is 0.000000292. The van der Waals surface area contributed by atoms with E-state index >= 15 is 0 Å². The molecular formula is C6H6Cl2MgNO. The number of halogens is 2. The number of hydrogen-bond donors (Lipinski definition) is 0. The molecule has 0 amide bonds. The predicted molar refractivity (Wildman–Crippen MR) is 47.1 cm³/mol. The van der Waals surface area contributed by atoms with Gasteiger partial charge in [-0.25, -0.2) is 0 Å². The third kappa shape index (κ3) is 6.68. The van der Waals surface area contributed by atoms with Gasteiger partial charge in [0.05, 0.1) is 19.5 Å². The van der Waals surface area contributed by atoms with Crippen LogP contribution >= 0.6 is 18.1 Å². The molecule has 0 aliphatic heterocycles. The van der Waals surface area contributed by atoms with Crippen molar-refractivity contribution in [3.05, 3.63) is 24.5 Å². The molecule has 0 bridgehead atoms. The third-order valence-electron chi connectivity index (χ3n) is 0.824. The first-order valence-corrected chi connectivity index (χ1v) is 7.10. The quantitative estimate of drug-likeness (QED) is 0.650. The van der Waals surface area contributed by atoms with Crippen molar-refractivity contribution in [2.24, 2.45) is 0 Å². The Hall–Kier alpha value is 0.296. The summed E-state index contributed by atoms with van der Waals surface area (Å²) in [5.74, 6) is 0.767. The fourth-order valence-corrected chi connectivity index (χ4v) is 0.427. The van der Waals surface area contributed by atoms with Crippen LogP contribution in [0.1, 0.15) is 0 Å². The number of methoxy groups -OCH3 is 1. The van der Waals surface area contributed by atoms with Crippen molar-refractivity contribution in [3.63, 3.8) is 0 Å². The van der Waals surface area contributed by atoms with E-state index in [1.54, 1.807) is 25.4 Å². The molecule has 11 heavy (non-hydrogen) atoms. The topological polar surface area (TPSA) is 22.1 Å². The Morgan fingerprint density at radius 3 is 2.55 bits per heavy atom. The van der Waals surface area contributed by atoms with Crippen molar-refractivity contribution in [1.29, 1.82) is 0 Å². The molecule has 0 spiro atoms. The van der Waals surface area contributed by atoms with E-state index < -0.39 is 18.2 Å². The van der Waals surface area contributed by atoms with Crippen molar-refractivity contribution in [3.8, 4) is 5.75 Å². The molecule has 1 radical (unpaired) electrons. The monoisotopic (exact) mass is 202 g/mol. The maximum atomic E-state index is 4.90. The van der Waals surface area contributed by atoms with Gasteiger partial charge in [0.25, 0.3) is 0 Å². The van der Waals surface area contributed by atoms with Crippen molar-refractivity contribution >= 4 is 36.3 Å². The average molecular weight is 203 g/mol. The van der Waals surface area contributed by atoms with Crippen LogP contribution in [0.25, 0.3) is 0 Å². The molecule has 0 aliphatic carbocycles. The number of rotatable bonds is 1. The molecule has 1 aromatic rings. The first kappa shape index (κ1) is 11.3. The maximum absolute atomic E-state index is 4.90. The average Bonchev–Trinajstić information content (AvgIpc) is 2.08. The number of hydrogen-bond acceptors (Lipinski definition) is 2. The SMILES string of the molecule is COc1cc[c]nc1.[Cl][Mg][Cl]. The van der Waals surface area contributed by atoms with Crippen LogP contribution in [0.3, 0.4) is 0 Å². The van der Waals surface area contributed by atoms with Gasteiger partial charge in [0.15, 0.2) is 0 Å². The van der Waals surface area contributed by atoms with Crippen LogP contribution in [0.2, 0.25) is 0 Å². The molecule has 57 valence electrons. The van der Waals surface area contributed by atoms with Crippen molar-refractivity contribution in [2.45, 2.75) is 0 Å². The maximum Gasteiger partial charge on any atom is 0.618 e. The zero-order valence-electron chi connectivity index (χ0n) is 6.05.